The Hall–Kier alpha value is -3.01. The van der Waals surface area contributed by atoms with E-state index in [1.165, 1.54) is 19.3 Å². The van der Waals surface area contributed by atoms with Gasteiger partial charge in [-0.15, -0.1) is 0 Å². The van der Waals surface area contributed by atoms with Gasteiger partial charge in [-0.3, -0.25) is 4.79 Å². The van der Waals surface area contributed by atoms with Crippen LogP contribution in [0.2, 0.25) is 0 Å². The Bertz CT molecular complexity index is 785. The highest BCUT2D eigenvalue weighted by Crippen LogP contribution is 2.34. The van der Waals surface area contributed by atoms with Crippen LogP contribution in [-0.2, 0) is 0 Å². The molecule has 0 saturated carbocycles. The van der Waals surface area contributed by atoms with Crippen LogP contribution in [-0.4, -0.2) is 24.6 Å². The van der Waals surface area contributed by atoms with Crippen LogP contribution in [0.5, 0.6) is 17.2 Å². The number of rotatable bonds is 7. The summed E-state index contributed by atoms with van der Waals surface area (Å²) in [7, 11) is 1.45. The number of hydrogen-bond donors (Lipinski definition) is 1. The van der Waals surface area contributed by atoms with Gasteiger partial charge >= 0.3 is 0 Å². The fourth-order valence-electron chi connectivity index (χ4n) is 2.19. The summed E-state index contributed by atoms with van der Waals surface area (Å²) in [5.74, 6) is 0.202. The van der Waals surface area contributed by atoms with Crippen molar-refractivity contribution in [2.45, 2.75) is 13.8 Å². The van der Waals surface area contributed by atoms with Crippen LogP contribution in [0.4, 0.5) is 0 Å². The van der Waals surface area contributed by atoms with Gasteiger partial charge in [0.25, 0.3) is 0 Å². The van der Waals surface area contributed by atoms with E-state index in [1.54, 1.807) is 12.1 Å². The molecule has 0 heterocycles. The molecule has 0 atom stereocenters. The third kappa shape index (κ3) is 5.24. The normalized spacial score (nSPS) is 10.5. The number of carbonyl (C=O) groups is 1. The van der Waals surface area contributed by atoms with Crippen LogP contribution in [0.15, 0.2) is 60.2 Å². The Morgan fingerprint density at radius 3 is 2.52 bits per heavy atom. The molecular weight excluding hydrogens is 316 g/mol. The predicted octanol–water partition coefficient (Wildman–Crippen LogP) is 4.64. The second kappa shape index (κ2) is 8.73. The first-order chi connectivity index (χ1) is 12.0. The molecule has 0 bridgehead atoms. The van der Waals surface area contributed by atoms with Crippen molar-refractivity contribution in [1.82, 2.24) is 0 Å². The Morgan fingerprint density at radius 1 is 1.16 bits per heavy atom. The van der Waals surface area contributed by atoms with Crippen LogP contribution in [0, 0.1) is 0 Å². The third-order valence-electron chi connectivity index (χ3n) is 3.49. The van der Waals surface area contributed by atoms with Gasteiger partial charge in [-0.05, 0) is 31.6 Å². The summed E-state index contributed by atoms with van der Waals surface area (Å²) in [6, 6.07) is 12.5. The Labute approximate surface area is 148 Å². The molecule has 2 aromatic carbocycles. The fourth-order valence-corrected chi connectivity index (χ4v) is 2.19. The zero-order valence-electron chi connectivity index (χ0n) is 14.7. The van der Waals surface area contributed by atoms with Crippen LogP contribution in [0.3, 0.4) is 0 Å². The number of carbonyl (C=O) groups excluding carboxylic acids is 1. The highest BCUT2D eigenvalue weighted by molar-refractivity contribution is 6.10. The number of benzene rings is 2. The highest BCUT2D eigenvalue weighted by Gasteiger charge is 2.17. The standard InChI is InChI=1S/C21H22O4/c1-15(2)11-12-25-17-13-19(23)21(20(14-17)24-3)18(22)10-9-16-7-5-4-6-8-16/h4-11,13-14,23H,12H2,1-3H3/b10-9+. The molecule has 4 nitrogen and oxygen atoms in total. The first-order valence-corrected chi connectivity index (χ1v) is 7.96. The van der Waals surface area contributed by atoms with Gasteiger partial charge in [-0.2, -0.15) is 0 Å². The molecular formula is C21H22O4. The van der Waals surface area contributed by atoms with Gasteiger partial charge in [0.15, 0.2) is 5.78 Å². The molecule has 25 heavy (non-hydrogen) atoms. The maximum atomic E-state index is 12.5. The maximum Gasteiger partial charge on any atom is 0.193 e. The Morgan fingerprint density at radius 2 is 1.88 bits per heavy atom. The number of phenols is 1. The van der Waals surface area contributed by atoms with Crippen LogP contribution in [0.1, 0.15) is 29.8 Å². The minimum Gasteiger partial charge on any atom is -0.507 e. The average Bonchev–Trinajstić information content (AvgIpc) is 2.59. The zero-order valence-corrected chi connectivity index (χ0v) is 14.7. The van der Waals surface area contributed by atoms with E-state index < -0.39 is 0 Å². The molecule has 0 saturated heterocycles. The molecule has 0 amide bonds. The van der Waals surface area contributed by atoms with Gasteiger partial charge in [-0.1, -0.05) is 42.0 Å². The zero-order chi connectivity index (χ0) is 18.2. The van der Waals surface area contributed by atoms with E-state index in [0.717, 1.165) is 11.1 Å². The van der Waals surface area contributed by atoms with Gasteiger partial charge in [0.2, 0.25) is 0 Å². The number of ether oxygens (including phenoxy) is 2. The van der Waals surface area contributed by atoms with E-state index in [4.69, 9.17) is 9.47 Å². The first kappa shape index (κ1) is 18.3. The topological polar surface area (TPSA) is 55.8 Å². The van der Waals surface area contributed by atoms with Crippen molar-refractivity contribution in [3.05, 3.63) is 71.3 Å². The van der Waals surface area contributed by atoms with E-state index in [1.807, 2.05) is 50.3 Å². The Balaban J connectivity index is 2.23. The lowest BCUT2D eigenvalue weighted by Gasteiger charge is -2.11. The van der Waals surface area contributed by atoms with Crippen molar-refractivity contribution >= 4 is 11.9 Å². The number of phenolic OH excluding ortho intramolecular Hbond substituents is 1. The summed E-state index contributed by atoms with van der Waals surface area (Å²) in [6.45, 7) is 4.33. The summed E-state index contributed by atoms with van der Waals surface area (Å²) in [5, 5.41) is 10.2. The van der Waals surface area contributed by atoms with Gasteiger partial charge in [0.05, 0.1) is 7.11 Å². The predicted molar refractivity (Wildman–Crippen MR) is 99.4 cm³/mol. The van der Waals surface area contributed by atoms with E-state index in [9.17, 15) is 9.90 Å². The summed E-state index contributed by atoms with van der Waals surface area (Å²) in [5.41, 5.74) is 2.15. The van der Waals surface area contributed by atoms with Crippen LogP contribution >= 0.6 is 0 Å². The summed E-state index contributed by atoms with van der Waals surface area (Å²) in [6.07, 6.45) is 5.03. The van der Waals surface area contributed by atoms with E-state index >= 15 is 0 Å². The van der Waals surface area contributed by atoms with Gasteiger partial charge in [-0.25, -0.2) is 0 Å². The van der Waals surface area contributed by atoms with Crippen molar-refractivity contribution < 1.29 is 19.4 Å². The largest absolute Gasteiger partial charge is 0.507 e. The van der Waals surface area contributed by atoms with Crippen molar-refractivity contribution in [2.24, 2.45) is 0 Å². The highest BCUT2D eigenvalue weighted by atomic mass is 16.5. The van der Waals surface area contributed by atoms with Crippen molar-refractivity contribution in [1.29, 1.82) is 0 Å². The maximum absolute atomic E-state index is 12.5. The molecule has 2 aromatic rings. The molecule has 0 unspecified atom stereocenters. The summed E-state index contributed by atoms with van der Waals surface area (Å²) in [4.78, 5) is 12.5. The van der Waals surface area contributed by atoms with E-state index in [0.29, 0.717) is 12.4 Å². The molecule has 0 aliphatic carbocycles. The Kier molecular flexibility index (Phi) is 6.40. The van der Waals surface area contributed by atoms with Crippen molar-refractivity contribution in [2.75, 3.05) is 13.7 Å². The first-order valence-electron chi connectivity index (χ1n) is 7.96. The number of aromatic hydroxyl groups is 1. The lowest BCUT2D eigenvalue weighted by atomic mass is 10.1. The number of methoxy groups -OCH3 is 1. The summed E-state index contributed by atoms with van der Waals surface area (Å²) < 4.78 is 10.8. The van der Waals surface area contributed by atoms with Crippen molar-refractivity contribution in [3.63, 3.8) is 0 Å². The summed E-state index contributed by atoms with van der Waals surface area (Å²) >= 11 is 0. The average molecular weight is 338 g/mol. The molecule has 0 radical (unpaired) electrons. The third-order valence-corrected chi connectivity index (χ3v) is 3.49. The second-order valence-electron chi connectivity index (χ2n) is 5.72. The molecule has 0 spiro atoms. The molecule has 0 aliphatic rings. The number of allylic oxidation sites excluding steroid dienone is 2. The number of ketones is 1. The van der Waals surface area contributed by atoms with Crippen LogP contribution < -0.4 is 9.47 Å². The minimum absolute atomic E-state index is 0.115. The molecule has 0 aromatic heterocycles. The van der Waals surface area contributed by atoms with Gasteiger partial charge in [0.1, 0.15) is 29.4 Å². The molecule has 2 rings (SSSR count). The lowest BCUT2D eigenvalue weighted by molar-refractivity contribution is 0.104. The fraction of sp³-hybridized carbons (Fsp3) is 0.190. The lowest BCUT2D eigenvalue weighted by Crippen LogP contribution is -2.02. The monoisotopic (exact) mass is 338 g/mol. The smallest absolute Gasteiger partial charge is 0.193 e. The molecule has 130 valence electrons. The molecule has 0 aliphatic heterocycles. The minimum atomic E-state index is -0.339. The van der Waals surface area contributed by atoms with E-state index in [-0.39, 0.29) is 22.8 Å². The second-order valence-corrected chi connectivity index (χ2v) is 5.72. The van der Waals surface area contributed by atoms with Gasteiger partial charge in [0, 0.05) is 12.1 Å². The van der Waals surface area contributed by atoms with Crippen molar-refractivity contribution in [3.8, 4) is 17.2 Å². The molecule has 1 N–H and O–H groups in total. The van der Waals surface area contributed by atoms with E-state index in [2.05, 4.69) is 0 Å². The quantitative estimate of drug-likeness (QED) is 0.454. The molecule has 4 heteroatoms. The number of hydrogen-bond acceptors (Lipinski definition) is 4. The molecule has 0 fully saturated rings. The van der Waals surface area contributed by atoms with Gasteiger partial charge < -0.3 is 14.6 Å². The van der Waals surface area contributed by atoms with Crippen LogP contribution in [0.25, 0.3) is 6.08 Å². The SMILES string of the molecule is COc1cc(OCC=C(C)C)cc(O)c1C(=O)/C=C/c1ccccc1.